The number of nitriles is 1. The summed E-state index contributed by atoms with van der Waals surface area (Å²) in [5.74, 6) is 0.642. The van der Waals surface area contributed by atoms with Gasteiger partial charge in [0.05, 0.1) is 22.7 Å². The standard InChI is InChI=1S/C18H15ClN2O2/c1-2-7-23-18-13(11-20)8-14(10-16(18)19)21-6-5-12-9-15(22)3-4-17(12)21/h3-6,8-10,22H,2,7H2,1H3. The number of ether oxygens (including phenoxy) is 1. The summed E-state index contributed by atoms with van der Waals surface area (Å²) in [5.41, 5.74) is 2.10. The number of hydrogen-bond donors (Lipinski definition) is 1. The highest BCUT2D eigenvalue weighted by Gasteiger charge is 2.13. The lowest BCUT2D eigenvalue weighted by Crippen LogP contribution is -2.00. The molecule has 0 aliphatic heterocycles. The van der Waals surface area contributed by atoms with Crippen molar-refractivity contribution in [3.63, 3.8) is 0 Å². The van der Waals surface area contributed by atoms with Crippen molar-refractivity contribution in [2.24, 2.45) is 0 Å². The molecule has 0 radical (unpaired) electrons. The molecule has 0 amide bonds. The predicted molar refractivity (Wildman–Crippen MR) is 90.5 cm³/mol. The fourth-order valence-electron chi connectivity index (χ4n) is 2.51. The molecule has 0 atom stereocenters. The van der Waals surface area contributed by atoms with Gasteiger partial charge >= 0.3 is 0 Å². The zero-order valence-corrected chi connectivity index (χ0v) is 13.3. The smallest absolute Gasteiger partial charge is 0.155 e. The predicted octanol–water partition coefficient (Wildman–Crippen LogP) is 4.65. The van der Waals surface area contributed by atoms with Crippen molar-refractivity contribution in [3.8, 4) is 23.3 Å². The fourth-order valence-corrected chi connectivity index (χ4v) is 2.78. The Hall–Kier alpha value is -2.64. The molecular formula is C18H15ClN2O2. The summed E-state index contributed by atoms with van der Waals surface area (Å²) >= 11 is 6.31. The third-order valence-corrected chi connectivity index (χ3v) is 3.83. The molecule has 0 unspecified atom stereocenters. The number of benzene rings is 2. The second kappa shape index (κ2) is 6.23. The number of phenolic OH excluding ortho intramolecular Hbond substituents is 1. The van der Waals surface area contributed by atoms with Crippen LogP contribution in [-0.4, -0.2) is 16.3 Å². The minimum atomic E-state index is 0.217. The van der Waals surface area contributed by atoms with E-state index in [2.05, 4.69) is 6.07 Å². The summed E-state index contributed by atoms with van der Waals surface area (Å²) in [6.07, 6.45) is 2.72. The van der Waals surface area contributed by atoms with Crippen molar-refractivity contribution < 1.29 is 9.84 Å². The van der Waals surface area contributed by atoms with Gasteiger partial charge in [-0.3, -0.25) is 0 Å². The van der Waals surface area contributed by atoms with Gasteiger partial charge in [0.25, 0.3) is 0 Å². The van der Waals surface area contributed by atoms with Gasteiger partial charge in [-0.2, -0.15) is 5.26 Å². The van der Waals surface area contributed by atoms with Crippen LogP contribution < -0.4 is 4.74 Å². The molecule has 3 aromatic rings. The van der Waals surface area contributed by atoms with Crippen LogP contribution in [0.4, 0.5) is 0 Å². The van der Waals surface area contributed by atoms with Gasteiger partial charge in [-0.15, -0.1) is 0 Å². The summed E-state index contributed by atoms with van der Waals surface area (Å²) in [4.78, 5) is 0. The Bertz CT molecular complexity index is 909. The molecule has 116 valence electrons. The molecular weight excluding hydrogens is 312 g/mol. The quantitative estimate of drug-likeness (QED) is 0.759. The Morgan fingerprint density at radius 2 is 2.09 bits per heavy atom. The second-order valence-corrected chi connectivity index (χ2v) is 5.60. The van der Waals surface area contributed by atoms with Crippen LogP contribution in [0.2, 0.25) is 5.02 Å². The first-order valence-electron chi connectivity index (χ1n) is 7.31. The molecule has 4 nitrogen and oxygen atoms in total. The van der Waals surface area contributed by atoms with Crippen molar-refractivity contribution in [1.82, 2.24) is 4.57 Å². The van der Waals surface area contributed by atoms with Gasteiger partial charge in [0.15, 0.2) is 5.75 Å². The van der Waals surface area contributed by atoms with E-state index in [0.29, 0.717) is 22.9 Å². The zero-order chi connectivity index (χ0) is 16.4. The monoisotopic (exact) mass is 326 g/mol. The summed E-state index contributed by atoms with van der Waals surface area (Å²) < 4.78 is 7.51. The summed E-state index contributed by atoms with van der Waals surface area (Å²) in [7, 11) is 0. The Labute approximate surface area is 139 Å². The van der Waals surface area contributed by atoms with Gasteiger partial charge in [-0.25, -0.2) is 0 Å². The highest BCUT2D eigenvalue weighted by atomic mass is 35.5. The molecule has 0 fully saturated rings. The Morgan fingerprint density at radius 3 is 2.83 bits per heavy atom. The lowest BCUT2D eigenvalue weighted by molar-refractivity contribution is 0.316. The average Bonchev–Trinajstić information content (AvgIpc) is 2.96. The number of phenols is 1. The van der Waals surface area contributed by atoms with Crippen LogP contribution >= 0.6 is 11.6 Å². The molecule has 3 rings (SSSR count). The van der Waals surface area contributed by atoms with E-state index >= 15 is 0 Å². The molecule has 0 aliphatic rings. The molecule has 0 saturated heterocycles. The third-order valence-electron chi connectivity index (χ3n) is 3.55. The van der Waals surface area contributed by atoms with Crippen molar-refractivity contribution in [2.45, 2.75) is 13.3 Å². The maximum Gasteiger partial charge on any atom is 0.155 e. The highest BCUT2D eigenvalue weighted by molar-refractivity contribution is 6.32. The normalized spacial score (nSPS) is 10.7. The van der Waals surface area contributed by atoms with E-state index in [1.54, 1.807) is 24.3 Å². The first-order chi connectivity index (χ1) is 11.1. The number of hydrogen-bond acceptors (Lipinski definition) is 3. The largest absolute Gasteiger partial charge is 0.508 e. The summed E-state index contributed by atoms with van der Waals surface area (Å²) in [6.45, 7) is 2.51. The Kier molecular flexibility index (Phi) is 4.14. The van der Waals surface area contributed by atoms with E-state index in [9.17, 15) is 10.4 Å². The molecule has 0 aliphatic carbocycles. The number of nitrogens with zero attached hydrogens (tertiary/aromatic N) is 2. The number of aromatic hydroxyl groups is 1. The van der Waals surface area contributed by atoms with Crippen molar-refractivity contribution in [2.75, 3.05) is 6.61 Å². The maximum atomic E-state index is 9.57. The van der Waals surface area contributed by atoms with Gasteiger partial charge < -0.3 is 14.4 Å². The van der Waals surface area contributed by atoms with Crippen molar-refractivity contribution in [3.05, 3.63) is 53.2 Å². The summed E-state index contributed by atoms with van der Waals surface area (Å²) in [5, 5.41) is 20.3. The number of halogens is 1. The van der Waals surface area contributed by atoms with Crippen molar-refractivity contribution >= 4 is 22.5 Å². The van der Waals surface area contributed by atoms with Gasteiger partial charge in [-0.05, 0) is 42.8 Å². The van der Waals surface area contributed by atoms with Crippen LogP contribution in [-0.2, 0) is 0 Å². The molecule has 1 heterocycles. The number of fused-ring (bicyclic) bond motifs is 1. The SMILES string of the molecule is CCCOc1c(Cl)cc(-n2ccc3cc(O)ccc32)cc1C#N. The zero-order valence-electron chi connectivity index (χ0n) is 12.6. The first kappa shape index (κ1) is 15.3. The Morgan fingerprint density at radius 1 is 1.26 bits per heavy atom. The van der Waals surface area contributed by atoms with Crippen LogP contribution in [0.3, 0.4) is 0 Å². The molecule has 0 spiro atoms. The van der Waals surface area contributed by atoms with Crippen LogP contribution in [0, 0.1) is 11.3 Å². The lowest BCUT2D eigenvalue weighted by Gasteiger charge is -2.12. The van der Waals surface area contributed by atoms with Gasteiger partial charge in [0.1, 0.15) is 11.8 Å². The van der Waals surface area contributed by atoms with E-state index in [-0.39, 0.29) is 5.75 Å². The van der Waals surface area contributed by atoms with Crippen LogP contribution in [0.1, 0.15) is 18.9 Å². The fraction of sp³-hybridized carbons (Fsp3) is 0.167. The molecule has 5 heteroatoms. The molecule has 0 bridgehead atoms. The average molecular weight is 327 g/mol. The van der Waals surface area contributed by atoms with Crippen LogP contribution in [0.5, 0.6) is 11.5 Å². The van der Waals surface area contributed by atoms with Gasteiger partial charge in [0, 0.05) is 17.3 Å². The molecule has 1 N–H and O–H groups in total. The van der Waals surface area contributed by atoms with Crippen LogP contribution in [0.15, 0.2) is 42.6 Å². The third kappa shape index (κ3) is 2.84. The first-order valence-corrected chi connectivity index (χ1v) is 7.68. The second-order valence-electron chi connectivity index (χ2n) is 5.19. The maximum absolute atomic E-state index is 9.57. The van der Waals surface area contributed by atoms with E-state index in [4.69, 9.17) is 16.3 Å². The Balaban J connectivity index is 2.12. The van der Waals surface area contributed by atoms with Gasteiger partial charge in [0.2, 0.25) is 0 Å². The lowest BCUT2D eigenvalue weighted by atomic mass is 10.2. The highest BCUT2D eigenvalue weighted by Crippen LogP contribution is 2.33. The molecule has 23 heavy (non-hydrogen) atoms. The molecule has 0 saturated carbocycles. The van der Waals surface area contributed by atoms with E-state index in [1.807, 2.05) is 29.8 Å². The van der Waals surface area contributed by atoms with E-state index in [0.717, 1.165) is 23.0 Å². The minimum Gasteiger partial charge on any atom is -0.508 e. The van der Waals surface area contributed by atoms with Crippen molar-refractivity contribution in [1.29, 1.82) is 5.26 Å². The topological polar surface area (TPSA) is 58.2 Å². The van der Waals surface area contributed by atoms with Crippen LogP contribution in [0.25, 0.3) is 16.6 Å². The van der Waals surface area contributed by atoms with Gasteiger partial charge in [-0.1, -0.05) is 18.5 Å². The summed E-state index contributed by atoms with van der Waals surface area (Å²) in [6, 6.07) is 12.7. The minimum absolute atomic E-state index is 0.217. The number of rotatable bonds is 4. The molecule has 2 aromatic carbocycles. The molecule has 1 aromatic heterocycles. The van der Waals surface area contributed by atoms with E-state index in [1.165, 1.54) is 0 Å². The number of aromatic nitrogens is 1. The van der Waals surface area contributed by atoms with E-state index < -0.39 is 0 Å².